The fraction of sp³-hybridized carbons (Fsp3) is 0.650. The minimum Gasteiger partial charge on any atom is -0.490 e. The molecule has 138 valence electrons. The van der Waals surface area contributed by atoms with Crippen LogP contribution in [0.2, 0.25) is 0 Å². The van der Waals surface area contributed by atoms with Crippen LogP contribution in [-0.4, -0.2) is 48.3 Å². The van der Waals surface area contributed by atoms with Crippen LogP contribution in [0.1, 0.15) is 52.0 Å². The third-order valence-electron chi connectivity index (χ3n) is 5.83. The van der Waals surface area contributed by atoms with Gasteiger partial charge in [0.05, 0.1) is 6.54 Å². The second kappa shape index (κ2) is 6.52. The van der Waals surface area contributed by atoms with Gasteiger partial charge in [-0.05, 0) is 71.2 Å². The number of likely N-dealkylation sites (tertiary alicyclic amines) is 1. The molecule has 0 amide bonds. The van der Waals surface area contributed by atoms with E-state index in [4.69, 9.17) is 15.2 Å². The van der Waals surface area contributed by atoms with Crippen LogP contribution in [0.4, 0.5) is 0 Å². The molecule has 2 N–H and O–H groups in total. The Labute approximate surface area is 151 Å². The molecule has 0 bridgehead atoms. The van der Waals surface area contributed by atoms with Gasteiger partial charge in [-0.15, -0.1) is 0 Å². The molecule has 2 heterocycles. The lowest BCUT2D eigenvalue weighted by Crippen LogP contribution is -2.58. The zero-order valence-electron chi connectivity index (χ0n) is 16.1. The summed E-state index contributed by atoms with van der Waals surface area (Å²) >= 11 is 0. The average Bonchev–Trinajstić information content (AvgIpc) is 2.96. The van der Waals surface area contributed by atoms with E-state index in [1.807, 2.05) is 0 Å². The number of hydrogen-bond donors (Lipinski definition) is 1. The van der Waals surface area contributed by atoms with Gasteiger partial charge in [-0.3, -0.25) is 4.90 Å². The van der Waals surface area contributed by atoms with E-state index in [2.05, 4.69) is 68.9 Å². The van der Waals surface area contributed by atoms with Crippen molar-refractivity contribution < 1.29 is 9.47 Å². The van der Waals surface area contributed by atoms with Crippen molar-refractivity contribution in [1.82, 2.24) is 4.90 Å². The molecule has 2 aliphatic rings. The number of aliphatic imine (C=N–C) groups is 1. The summed E-state index contributed by atoms with van der Waals surface area (Å²) in [6.07, 6.45) is 2.26. The molecule has 5 heteroatoms. The molecule has 1 aromatic rings. The van der Waals surface area contributed by atoms with E-state index in [9.17, 15) is 0 Å². The summed E-state index contributed by atoms with van der Waals surface area (Å²) in [5.41, 5.74) is 7.31. The van der Waals surface area contributed by atoms with Gasteiger partial charge in [0.15, 0.2) is 6.10 Å². The van der Waals surface area contributed by atoms with Crippen molar-refractivity contribution in [2.45, 2.75) is 63.6 Å². The number of ether oxygens (including phenoxy) is 2. The Balaban J connectivity index is 1.62. The zero-order chi connectivity index (χ0) is 18.2. The first-order valence-corrected chi connectivity index (χ1v) is 9.11. The number of hydrogen-bond acceptors (Lipinski definition) is 5. The Morgan fingerprint density at radius 2 is 1.76 bits per heavy atom. The number of amidine groups is 1. The Kier molecular flexibility index (Phi) is 4.71. The van der Waals surface area contributed by atoms with Crippen LogP contribution in [0.5, 0.6) is 5.75 Å². The average molecular weight is 345 g/mol. The maximum absolute atomic E-state index is 5.82. The van der Waals surface area contributed by atoms with E-state index in [0.29, 0.717) is 19.1 Å². The van der Waals surface area contributed by atoms with E-state index < -0.39 is 0 Å². The summed E-state index contributed by atoms with van der Waals surface area (Å²) in [5.74, 6) is 1.44. The molecule has 2 aliphatic heterocycles. The molecule has 1 fully saturated rings. The molecule has 5 nitrogen and oxygen atoms in total. The van der Waals surface area contributed by atoms with Crippen LogP contribution in [0.15, 0.2) is 29.3 Å². The Morgan fingerprint density at radius 3 is 2.28 bits per heavy atom. The summed E-state index contributed by atoms with van der Waals surface area (Å²) in [6.45, 7) is 10.4. The Bertz CT molecular complexity index is 619. The first kappa shape index (κ1) is 18.1. The van der Waals surface area contributed by atoms with E-state index in [1.165, 1.54) is 18.4 Å². The summed E-state index contributed by atoms with van der Waals surface area (Å²) < 4.78 is 11.2. The second-order valence-electron chi connectivity index (χ2n) is 8.59. The fourth-order valence-corrected chi connectivity index (χ4v) is 4.16. The van der Waals surface area contributed by atoms with Crippen LogP contribution < -0.4 is 10.5 Å². The second-order valence-corrected chi connectivity index (χ2v) is 8.59. The molecule has 1 aromatic carbocycles. The maximum Gasteiger partial charge on any atom is 0.282 e. The number of rotatable bonds is 4. The van der Waals surface area contributed by atoms with Crippen molar-refractivity contribution >= 4 is 6.02 Å². The van der Waals surface area contributed by atoms with Gasteiger partial charge < -0.3 is 15.2 Å². The van der Waals surface area contributed by atoms with Crippen LogP contribution in [-0.2, 0) is 4.74 Å². The summed E-state index contributed by atoms with van der Waals surface area (Å²) in [4.78, 5) is 6.54. The Hall–Kier alpha value is -1.75. The highest BCUT2D eigenvalue weighted by atomic mass is 16.5. The van der Waals surface area contributed by atoms with Gasteiger partial charge in [0.1, 0.15) is 12.4 Å². The standard InChI is InChI=1S/C20H31N3O2/c1-19(2)10-15(11-20(3,4)23(19)5)14-6-8-16(9-7-14)24-13-17-12-22-18(21)25-17/h6-9,15,17H,10-13H2,1-5H3,(H2,21,22). The minimum absolute atomic E-state index is 0.0739. The zero-order valence-corrected chi connectivity index (χ0v) is 16.1. The highest BCUT2D eigenvalue weighted by Gasteiger charge is 2.43. The minimum atomic E-state index is -0.0739. The lowest BCUT2D eigenvalue weighted by molar-refractivity contribution is -0.0128. The fourth-order valence-electron chi connectivity index (χ4n) is 4.16. The summed E-state index contributed by atoms with van der Waals surface area (Å²) in [6, 6.07) is 8.80. The lowest BCUT2D eigenvalue weighted by Gasteiger charge is -2.54. The van der Waals surface area contributed by atoms with Crippen LogP contribution >= 0.6 is 0 Å². The molecule has 1 unspecified atom stereocenters. The molecule has 1 saturated heterocycles. The number of nitrogens with two attached hydrogens (primary N) is 1. The van der Waals surface area contributed by atoms with Crippen LogP contribution in [0.3, 0.4) is 0 Å². The first-order valence-electron chi connectivity index (χ1n) is 9.11. The monoisotopic (exact) mass is 345 g/mol. The van der Waals surface area contributed by atoms with Gasteiger partial charge in [0, 0.05) is 11.1 Å². The molecule has 0 aliphatic carbocycles. The van der Waals surface area contributed by atoms with Gasteiger partial charge in [-0.1, -0.05) is 12.1 Å². The van der Waals surface area contributed by atoms with E-state index >= 15 is 0 Å². The van der Waals surface area contributed by atoms with Gasteiger partial charge in [-0.2, -0.15) is 0 Å². The third-order valence-corrected chi connectivity index (χ3v) is 5.83. The van der Waals surface area contributed by atoms with Crippen LogP contribution in [0.25, 0.3) is 0 Å². The largest absolute Gasteiger partial charge is 0.490 e. The molecule has 3 rings (SSSR count). The van der Waals surface area contributed by atoms with E-state index in [-0.39, 0.29) is 23.2 Å². The highest BCUT2D eigenvalue weighted by Crippen LogP contribution is 2.44. The quantitative estimate of drug-likeness (QED) is 0.911. The smallest absolute Gasteiger partial charge is 0.282 e. The van der Waals surface area contributed by atoms with Gasteiger partial charge in [0.25, 0.3) is 6.02 Å². The number of piperidine rings is 1. The molecule has 0 radical (unpaired) electrons. The van der Waals surface area contributed by atoms with Crippen molar-refractivity contribution in [3.05, 3.63) is 29.8 Å². The van der Waals surface area contributed by atoms with E-state index in [0.717, 1.165) is 5.75 Å². The van der Waals surface area contributed by atoms with Crippen LogP contribution in [0, 0.1) is 0 Å². The van der Waals surface area contributed by atoms with Crippen molar-refractivity contribution in [2.24, 2.45) is 10.7 Å². The molecule has 0 spiro atoms. The maximum atomic E-state index is 5.82. The summed E-state index contributed by atoms with van der Waals surface area (Å²) in [7, 11) is 2.24. The Morgan fingerprint density at radius 1 is 1.16 bits per heavy atom. The van der Waals surface area contributed by atoms with Crippen molar-refractivity contribution in [1.29, 1.82) is 0 Å². The number of benzene rings is 1. The lowest BCUT2D eigenvalue weighted by atomic mass is 9.72. The van der Waals surface area contributed by atoms with Crippen molar-refractivity contribution in [3.8, 4) is 5.75 Å². The molecule has 1 atom stereocenters. The molecule has 0 aromatic heterocycles. The highest BCUT2D eigenvalue weighted by molar-refractivity contribution is 5.73. The van der Waals surface area contributed by atoms with Gasteiger partial charge in [-0.25, -0.2) is 4.99 Å². The SMILES string of the molecule is CN1C(C)(C)CC(c2ccc(OCC3CN=C(N)O3)cc2)CC1(C)C. The van der Waals surface area contributed by atoms with Crippen molar-refractivity contribution in [3.63, 3.8) is 0 Å². The predicted molar refractivity (Wildman–Crippen MR) is 101 cm³/mol. The van der Waals surface area contributed by atoms with E-state index in [1.54, 1.807) is 0 Å². The van der Waals surface area contributed by atoms with Gasteiger partial charge in [0.2, 0.25) is 0 Å². The van der Waals surface area contributed by atoms with Gasteiger partial charge >= 0.3 is 0 Å². The van der Waals surface area contributed by atoms with Crippen molar-refractivity contribution in [2.75, 3.05) is 20.2 Å². The predicted octanol–water partition coefficient (Wildman–Crippen LogP) is 3.15. The molecular formula is C20H31N3O2. The molecule has 0 saturated carbocycles. The molecule has 25 heavy (non-hydrogen) atoms. The summed E-state index contributed by atoms with van der Waals surface area (Å²) in [5, 5.41) is 0. The first-order chi connectivity index (χ1) is 11.7. The normalized spacial score (nSPS) is 26.1. The third kappa shape index (κ3) is 3.92. The topological polar surface area (TPSA) is 60.1 Å². The number of nitrogens with zero attached hydrogens (tertiary/aromatic N) is 2. The molecular weight excluding hydrogens is 314 g/mol.